The van der Waals surface area contributed by atoms with Crippen molar-refractivity contribution in [3.05, 3.63) is 23.8 Å². The molecular formula is C20H29N3O3. The topological polar surface area (TPSA) is 61.9 Å². The molecule has 0 radical (unpaired) electrons. The Kier molecular flexibility index (Phi) is 5.12. The molecule has 1 N–H and O–H groups in total. The minimum atomic E-state index is -0.586. The number of alkyl carbamates (subject to hydrolysis) is 1. The fourth-order valence-corrected chi connectivity index (χ4v) is 3.61. The molecule has 0 unspecified atom stereocenters. The van der Waals surface area contributed by atoms with Gasteiger partial charge in [-0.05, 0) is 64.2 Å². The van der Waals surface area contributed by atoms with Gasteiger partial charge in [0.1, 0.15) is 11.6 Å². The van der Waals surface area contributed by atoms with Gasteiger partial charge in [-0.3, -0.25) is 4.79 Å². The zero-order valence-electron chi connectivity index (χ0n) is 16.2. The zero-order chi connectivity index (χ0) is 18.9. The molecule has 142 valence electrons. The van der Waals surface area contributed by atoms with Gasteiger partial charge >= 0.3 is 6.09 Å². The van der Waals surface area contributed by atoms with E-state index in [0.717, 1.165) is 30.8 Å². The summed E-state index contributed by atoms with van der Waals surface area (Å²) in [6.45, 7) is 7.56. The highest BCUT2D eigenvalue weighted by molar-refractivity contribution is 6.00. The SMILES string of the molecule is CN1C(=O)[C@@H](NC(=O)OC(C)(C)C)CCc2ccc(N3CCCC3)cc21. The first-order valence-electron chi connectivity index (χ1n) is 9.39. The van der Waals surface area contributed by atoms with Crippen LogP contribution in [0.2, 0.25) is 0 Å². The second-order valence-electron chi connectivity index (χ2n) is 8.14. The van der Waals surface area contributed by atoms with Gasteiger partial charge in [0.2, 0.25) is 5.91 Å². The van der Waals surface area contributed by atoms with Crippen LogP contribution in [-0.2, 0) is 16.0 Å². The zero-order valence-corrected chi connectivity index (χ0v) is 16.2. The minimum absolute atomic E-state index is 0.104. The summed E-state index contributed by atoms with van der Waals surface area (Å²) in [6, 6.07) is 5.79. The number of hydrogen-bond acceptors (Lipinski definition) is 4. The van der Waals surface area contributed by atoms with Crippen LogP contribution in [0.5, 0.6) is 0 Å². The number of aryl methyl sites for hydroxylation is 1. The molecule has 6 heteroatoms. The van der Waals surface area contributed by atoms with Gasteiger partial charge in [0.25, 0.3) is 0 Å². The van der Waals surface area contributed by atoms with Crippen LogP contribution in [0.15, 0.2) is 18.2 Å². The predicted molar refractivity (Wildman–Crippen MR) is 103 cm³/mol. The Morgan fingerprint density at radius 3 is 2.58 bits per heavy atom. The van der Waals surface area contributed by atoms with E-state index in [4.69, 9.17) is 4.74 Å². The number of carbonyl (C=O) groups excluding carboxylic acids is 2. The van der Waals surface area contributed by atoms with Crippen molar-refractivity contribution in [2.24, 2.45) is 0 Å². The van der Waals surface area contributed by atoms with Crippen molar-refractivity contribution in [2.75, 3.05) is 29.9 Å². The van der Waals surface area contributed by atoms with E-state index in [1.54, 1.807) is 11.9 Å². The number of amides is 2. The highest BCUT2D eigenvalue weighted by Gasteiger charge is 2.31. The van der Waals surface area contributed by atoms with Crippen LogP contribution < -0.4 is 15.1 Å². The summed E-state index contributed by atoms with van der Waals surface area (Å²) < 4.78 is 5.30. The summed E-state index contributed by atoms with van der Waals surface area (Å²) in [5, 5.41) is 2.74. The van der Waals surface area contributed by atoms with Crippen LogP contribution in [0.25, 0.3) is 0 Å². The van der Waals surface area contributed by atoms with Crippen molar-refractivity contribution in [3.63, 3.8) is 0 Å². The molecule has 2 heterocycles. The van der Waals surface area contributed by atoms with E-state index in [9.17, 15) is 9.59 Å². The van der Waals surface area contributed by atoms with Crippen LogP contribution >= 0.6 is 0 Å². The maximum Gasteiger partial charge on any atom is 0.408 e. The number of carbonyl (C=O) groups is 2. The van der Waals surface area contributed by atoms with Gasteiger partial charge in [0.05, 0.1) is 0 Å². The van der Waals surface area contributed by atoms with E-state index in [0.29, 0.717) is 6.42 Å². The first kappa shape index (κ1) is 18.5. The van der Waals surface area contributed by atoms with Crippen molar-refractivity contribution in [1.82, 2.24) is 5.32 Å². The summed E-state index contributed by atoms with van der Waals surface area (Å²) in [7, 11) is 1.78. The number of rotatable bonds is 2. The number of likely N-dealkylation sites (N-methyl/N-ethyl adjacent to an activating group) is 1. The van der Waals surface area contributed by atoms with Crippen LogP contribution in [-0.4, -0.2) is 43.8 Å². The van der Waals surface area contributed by atoms with E-state index in [1.165, 1.54) is 18.5 Å². The second-order valence-corrected chi connectivity index (χ2v) is 8.14. The van der Waals surface area contributed by atoms with Gasteiger partial charge in [-0.2, -0.15) is 0 Å². The smallest absolute Gasteiger partial charge is 0.408 e. The average molecular weight is 359 g/mol. The first-order chi connectivity index (χ1) is 12.2. The molecule has 3 rings (SSSR count). The molecule has 0 spiro atoms. The predicted octanol–water partition coefficient (Wildman–Crippen LogP) is 3.09. The minimum Gasteiger partial charge on any atom is -0.444 e. The molecule has 0 bridgehead atoms. The molecule has 1 fully saturated rings. The van der Waals surface area contributed by atoms with Crippen molar-refractivity contribution in [1.29, 1.82) is 0 Å². The molecule has 0 saturated carbocycles. The number of nitrogens with one attached hydrogen (secondary N) is 1. The largest absolute Gasteiger partial charge is 0.444 e. The molecule has 0 aromatic heterocycles. The molecule has 6 nitrogen and oxygen atoms in total. The molecule has 1 saturated heterocycles. The standard InChI is InChI=1S/C20H29N3O3/c1-20(2,3)26-19(25)21-16-10-8-14-7-9-15(23-11-5-6-12-23)13-17(14)22(4)18(16)24/h7,9,13,16H,5-6,8,10-12H2,1-4H3,(H,21,25)/t16-/m0/s1. The lowest BCUT2D eigenvalue weighted by atomic mass is 10.1. The lowest BCUT2D eigenvalue weighted by Crippen LogP contribution is -2.48. The lowest BCUT2D eigenvalue weighted by molar-refractivity contribution is -0.120. The van der Waals surface area contributed by atoms with Crippen molar-refractivity contribution >= 4 is 23.4 Å². The van der Waals surface area contributed by atoms with Gasteiger partial charge in [-0.25, -0.2) is 4.79 Å². The number of nitrogens with zero attached hydrogens (tertiary/aromatic N) is 2. The van der Waals surface area contributed by atoms with E-state index in [-0.39, 0.29) is 5.91 Å². The Morgan fingerprint density at radius 1 is 1.23 bits per heavy atom. The van der Waals surface area contributed by atoms with E-state index in [1.807, 2.05) is 20.8 Å². The third-order valence-electron chi connectivity index (χ3n) is 4.92. The molecule has 2 aliphatic rings. The normalized spacial score (nSPS) is 20.6. The fourth-order valence-electron chi connectivity index (χ4n) is 3.61. The second kappa shape index (κ2) is 7.17. The Bertz CT molecular complexity index is 690. The van der Waals surface area contributed by atoms with Crippen LogP contribution in [0, 0.1) is 0 Å². The molecule has 0 aliphatic carbocycles. The van der Waals surface area contributed by atoms with Gasteiger partial charge < -0.3 is 19.9 Å². The maximum atomic E-state index is 12.9. The molecule has 2 amide bonds. The summed E-state index contributed by atoms with van der Waals surface area (Å²) in [4.78, 5) is 29.0. The van der Waals surface area contributed by atoms with Gasteiger partial charge in [0, 0.05) is 31.5 Å². The molecular weight excluding hydrogens is 330 g/mol. The third-order valence-corrected chi connectivity index (χ3v) is 4.92. The van der Waals surface area contributed by atoms with E-state index >= 15 is 0 Å². The molecule has 1 atom stereocenters. The number of anilines is 2. The molecule has 1 aromatic carbocycles. The summed E-state index contributed by atoms with van der Waals surface area (Å²) in [6.07, 6.45) is 3.19. The number of benzene rings is 1. The number of hydrogen-bond donors (Lipinski definition) is 1. The highest BCUT2D eigenvalue weighted by atomic mass is 16.6. The van der Waals surface area contributed by atoms with Crippen molar-refractivity contribution in [3.8, 4) is 0 Å². The van der Waals surface area contributed by atoms with Gasteiger partial charge in [-0.15, -0.1) is 0 Å². The van der Waals surface area contributed by atoms with Crippen LogP contribution in [0.4, 0.5) is 16.2 Å². The number of ether oxygens (including phenoxy) is 1. The summed E-state index contributed by atoms with van der Waals surface area (Å²) in [5.41, 5.74) is 2.65. The van der Waals surface area contributed by atoms with Crippen molar-refractivity contribution < 1.29 is 14.3 Å². The van der Waals surface area contributed by atoms with E-state index < -0.39 is 17.7 Å². The van der Waals surface area contributed by atoms with Gasteiger partial charge in [-0.1, -0.05) is 6.07 Å². The van der Waals surface area contributed by atoms with Crippen LogP contribution in [0.1, 0.15) is 45.6 Å². The van der Waals surface area contributed by atoms with Crippen molar-refractivity contribution in [2.45, 2.75) is 58.1 Å². The van der Waals surface area contributed by atoms with E-state index in [2.05, 4.69) is 28.4 Å². The Morgan fingerprint density at radius 2 is 1.92 bits per heavy atom. The monoisotopic (exact) mass is 359 g/mol. The average Bonchev–Trinajstić information content (AvgIpc) is 3.06. The van der Waals surface area contributed by atoms with Crippen LogP contribution in [0.3, 0.4) is 0 Å². The third kappa shape index (κ3) is 4.11. The molecule has 1 aromatic rings. The Hall–Kier alpha value is -2.24. The summed E-state index contributed by atoms with van der Waals surface area (Å²) >= 11 is 0. The fraction of sp³-hybridized carbons (Fsp3) is 0.600. The quantitative estimate of drug-likeness (QED) is 0.881. The Labute approximate surface area is 155 Å². The highest BCUT2D eigenvalue weighted by Crippen LogP contribution is 2.32. The summed E-state index contributed by atoms with van der Waals surface area (Å²) in [5.74, 6) is -0.104. The molecule has 26 heavy (non-hydrogen) atoms. The lowest BCUT2D eigenvalue weighted by Gasteiger charge is -2.25. The molecule has 2 aliphatic heterocycles. The number of fused-ring (bicyclic) bond motifs is 1. The first-order valence-corrected chi connectivity index (χ1v) is 9.39. The maximum absolute atomic E-state index is 12.9. The van der Waals surface area contributed by atoms with Gasteiger partial charge in [0.15, 0.2) is 0 Å². The Balaban J connectivity index is 1.76.